The topological polar surface area (TPSA) is 326 Å². The molecule has 10 heterocycles. The molecule has 3 N–H and O–H groups in total. The van der Waals surface area contributed by atoms with Gasteiger partial charge in [-0.25, -0.2) is 31.5 Å². The number of nitrogens with two attached hydrogens (primary N) is 1. The van der Waals surface area contributed by atoms with Gasteiger partial charge in [-0.1, -0.05) is 209 Å². The Morgan fingerprint density at radius 3 is 1.49 bits per heavy atom. The molecular formula is C93H74Cl5N14NaO8. The van der Waals surface area contributed by atoms with Gasteiger partial charge in [-0.2, -0.15) is 27.3 Å². The quantitative estimate of drug-likeness (QED) is 0.0255. The molecular weight excluding hydrogens is 1640 g/mol. The fraction of sp³-hybridized carbons (Fsp3) is 0.108. The standard InChI is InChI=1S/C28H19ClN4O.C14H11ClN4.C14H9ClN2O.C14H13NO3.C8H7N.2C7H6ClNO.CH3O.Na/c1-17-14-23-26(18-6-3-2-4-7-18)27(21-11-13-31-24(29)16-21)32-33(23)28(34)25(17)20-9-10-22-19(15-20)8-5-12-30-22;15-11-8-10(6-7-17-11)13-12(14(16)19-18-13)9-4-2-1-3-5-9;1-16-13(10-5-3-2-4-6-10)14(18)11-7-8-17-12(15)9-11;1-9(16)13(14(17)18-2)11-5-6-12-10(8-11)4-3-7-15-12;9-7-6-8-4-2-1-3-5-8;2*1-5(10)6-2-3-9-7(8)4-6;1-2;/h2-13,15-16H,14H2,1H3;1-8H,(H3,16,18,19);2-9,13H;3-8,13H,1-2H3;1-5H,6H2;2*2-4H,1H3;1H3;/q;;;;;;;-1;+1. The van der Waals surface area contributed by atoms with E-state index in [-0.39, 0.29) is 63.8 Å². The van der Waals surface area contributed by atoms with Gasteiger partial charge in [-0.3, -0.25) is 48.7 Å². The minimum atomic E-state index is -0.861. The smallest absolute Gasteiger partial charge is 0.857 e. The third kappa shape index (κ3) is 26.0. The first-order valence-electron chi connectivity index (χ1n) is 36.5. The first-order valence-corrected chi connectivity index (χ1v) is 38.4. The molecule has 15 aromatic rings. The number of benzene rings is 6. The van der Waals surface area contributed by atoms with Gasteiger partial charge in [0.2, 0.25) is 5.78 Å². The maximum Gasteiger partial charge on any atom is 1.00 e. The molecule has 9 aromatic heterocycles. The van der Waals surface area contributed by atoms with E-state index in [0.717, 1.165) is 96.1 Å². The Morgan fingerprint density at radius 1 is 0.537 bits per heavy atom. The van der Waals surface area contributed by atoms with Crippen LogP contribution in [-0.4, -0.2) is 104 Å². The Hall–Kier alpha value is -12.9. The Balaban J connectivity index is 0.000000184. The van der Waals surface area contributed by atoms with Crippen LogP contribution in [0.3, 0.4) is 0 Å². The Labute approximate surface area is 745 Å². The molecule has 2 atom stereocenters. The van der Waals surface area contributed by atoms with E-state index in [2.05, 4.69) is 60.7 Å². The molecule has 600 valence electrons. The number of hydrogen-bond donors (Lipinski definition) is 2. The molecule has 0 amide bonds. The van der Waals surface area contributed by atoms with E-state index in [1.807, 2.05) is 159 Å². The number of fused-ring (bicyclic) bond motifs is 3. The van der Waals surface area contributed by atoms with Gasteiger partial charge in [0.25, 0.3) is 5.91 Å². The summed E-state index contributed by atoms with van der Waals surface area (Å²) in [5.41, 5.74) is 22.3. The zero-order valence-corrected chi connectivity index (χ0v) is 72.1. The molecule has 6 aromatic carbocycles. The number of halogens is 5. The average Bonchev–Trinajstić information content (AvgIpc) is 1.58. The van der Waals surface area contributed by atoms with Crippen LogP contribution in [0.4, 0.5) is 5.82 Å². The number of Topliss-reactive ketones (excluding diaryl/α,β-unsaturated/α-hetero) is 4. The van der Waals surface area contributed by atoms with E-state index >= 15 is 0 Å². The number of nitrogens with zero attached hydrogens (tertiary/aromatic N) is 12. The number of H-pyrrole nitrogens is 1. The molecule has 0 aliphatic carbocycles. The number of carbonyl (C=O) groups excluding carboxylic acids is 6. The summed E-state index contributed by atoms with van der Waals surface area (Å²) in [7, 11) is 2.03. The summed E-state index contributed by atoms with van der Waals surface area (Å²) >= 11 is 28.9. The summed E-state index contributed by atoms with van der Waals surface area (Å²) in [6.45, 7) is 13.6. The molecule has 28 heteroatoms. The van der Waals surface area contributed by atoms with Crippen LogP contribution in [0.15, 0.2) is 292 Å². The second kappa shape index (κ2) is 47.0. The van der Waals surface area contributed by atoms with Gasteiger partial charge in [0.05, 0.1) is 47.6 Å². The molecule has 0 radical (unpaired) electrons. The maximum absolute atomic E-state index is 13.8. The molecule has 1 aliphatic heterocycles. The molecule has 2 unspecified atom stereocenters. The Bertz CT molecular complexity index is 6180. The molecule has 0 saturated heterocycles. The van der Waals surface area contributed by atoms with Gasteiger partial charge >= 0.3 is 41.6 Å². The minimum Gasteiger partial charge on any atom is -0.857 e. The number of ether oxygens (including phenoxy) is 1. The second-order valence-electron chi connectivity index (χ2n) is 25.8. The van der Waals surface area contributed by atoms with Crippen molar-refractivity contribution in [3.63, 3.8) is 0 Å². The number of aromatic amines is 1. The third-order valence-corrected chi connectivity index (χ3v) is 18.8. The van der Waals surface area contributed by atoms with Crippen molar-refractivity contribution in [2.24, 2.45) is 0 Å². The fourth-order valence-corrected chi connectivity index (χ4v) is 13.1. The minimum absolute atomic E-state index is 0. The van der Waals surface area contributed by atoms with Crippen molar-refractivity contribution < 1.29 is 68.2 Å². The fourth-order valence-electron chi connectivity index (χ4n) is 12.2. The molecule has 0 fully saturated rings. The van der Waals surface area contributed by atoms with E-state index in [4.69, 9.17) is 85.8 Å². The van der Waals surface area contributed by atoms with E-state index in [9.17, 15) is 28.8 Å². The summed E-state index contributed by atoms with van der Waals surface area (Å²) in [5.74, 6) is -1.55. The number of aromatic nitrogens is 11. The summed E-state index contributed by atoms with van der Waals surface area (Å²) < 4.78 is 6.22. The van der Waals surface area contributed by atoms with Crippen LogP contribution in [0.1, 0.15) is 103 Å². The number of nitrogens with one attached hydrogen (secondary N) is 1. The number of ketones is 4. The van der Waals surface area contributed by atoms with Gasteiger partial charge in [-0.15, -0.1) is 0 Å². The van der Waals surface area contributed by atoms with Crippen molar-refractivity contribution in [3.8, 4) is 50.8 Å². The summed E-state index contributed by atoms with van der Waals surface area (Å²) in [6.07, 6.45) is 12.4. The van der Waals surface area contributed by atoms with Gasteiger partial charge in [0.15, 0.2) is 17.4 Å². The zero-order chi connectivity index (χ0) is 86.2. The van der Waals surface area contributed by atoms with Crippen molar-refractivity contribution in [1.82, 2.24) is 54.9 Å². The van der Waals surface area contributed by atoms with E-state index in [1.54, 1.807) is 114 Å². The van der Waals surface area contributed by atoms with Gasteiger partial charge in [-0.05, 0) is 153 Å². The van der Waals surface area contributed by atoms with Crippen molar-refractivity contribution in [3.05, 3.63) is 373 Å². The van der Waals surface area contributed by atoms with Crippen LogP contribution < -0.4 is 40.4 Å². The number of pyridine rings is 7. The summed E-state index contributed by atoms with van der Waals surface area (Å²) in [5, 5.41) is 32.1. The van der Waals surface area contributed by atoms with E-state index in [0.29, 0.717) is 72.7 Å². The van der Waals surface area contributed by atoms with Crippen LogP contribution in [-0.2, 0) is 27.2 Å². The van der Waals surface area contributed by atoms with E-state index in [1.165, 1.54) is 52.5 Å². The van der Waals surface area contributed by atoms with E-state index < -0.39 is 17.9 Å². The zero-order valence-electron chi connectivity index (χ0n) is 66.3. The molecule has 0 spiro atoms. The van der Waals surface area contributed by atoms with Gasteiger partial charge in [0.1, 0.15) is 43.2 Å². The number of esters is 1. The molecule has 16 rings (SSSR count). The Morgan fingerprint density at radius 2 is 1.00 bits per heavy atom. The first kappa shape index (κ1) is 93.6. The normalized spacial score (nSPS) is 11.2. The van der Waals surface area contributed by atoms with Gasteiger partial charge < -0.3 is 15.6 Å². The van der Waals surface area contributed by atoms with Gasteiger partial charge in [0, 0.05) is 105 Å². The van der Waals surface area contributed by atoms with Crippen molar-refractivity contribution in [2.45, 2.75) is 52.5 Å². The third-order valence-electron chi connectivity index (χ3n) is 17.8. The monoisotopic (exact) mass is 1710 g/mol. The van der Waals surface area contributed by atoms with Crippen LogP contribution >= 0.6 is 58.0 Å². The molecule has 22 nitrogen and oxygen atoms in total. The number of hydrogen-bond acceptors (Lipinski definition) is 19. The predicted molar refractivity (Wildman–Crippen MR) is 468 cm³/mol. The summed E-state index contributed by atoms with van der Waals surface area (Å²) in [6, 6.07) is 75.5. The second-order valence-corrected chi connectivity index (χ2v) is 27.8. The largest absolute Gasteiger partial charge is 1.00 e. The number of allylic oxidation sites excluding steroid dienone is 2. The molecule has 121 heavy (non-hydrogen) atoms. The summed E-state index contributed by atoms with van der Waals surface area (Å²) in [4.78, 5) is 102. The van der Waals surface area contributed by atoms with Crippen LogP contribution in [0.2, 0.25) is 25.8 Å². The molecule has 1 aliphatic rings. The number of nitriles is 1. The van der Waals surface area contributed by atoms with Crippen molar-refractivity contribution >= 4 is 126 Å². The molecule has 0 bridgehead atoms. The molecule has 0 saturated carbocycles. The van der Waals surface area contributed by atoms with Crippen molar-refractivity contribution in [2.75, 3.05) is 20.0 Å². The predicted octanol–water partition coefficient (Wildman–Crippen LogP) is 17.1. The first-order chi connectivity index (χ1) is 58.0. The number of rotatable bonds is 14. The number of nitrogen functional groups attached to an aromatic ring is 1. The van der Waals surface area contributed by atoms with Crippen molar-refractivity contribution in [1.29, 1.82) is 5.26 Å². The van der Waals surface area contributed by atoms with Crippen LogP contribution in [0, 0.1) is 17.9 Å². The van der Waals surface area contributed by atoms with Crippen LogP contribution in [0.25, 0.3) is 77.0 Å². The average molecular weight is 1720 g/mol. The number of carbonyl (C=O) groups is 6. The van der Waals surface area contributed by atoms with Crippen LogP contribution in [0.5, 0.6) is 0 Å². The maximum atomic E-state index is 13.8. The number of methoxy groups -OCH3 is 1. The number of anilines is 1. The SMILES string of the molecule is CC(=O)c1ccnc(Cl)c1.CC(=O)c1ccnc(Cl)c1.CC1=C(c2ccc3ncccc3c2)C(=O)n2nc(-c3ccnc(Cl)c3)c(-c3ccccc3)c2C1.COC(=O)C(C(C)=O)c1ccc2ncccc2c1.C[O-].N#CCc1ccccc1.Nc1n[nH]c(-c2ccnc(Cl)c2)c1-c1ccccc1.[C-]#[N+]C(C(=O)c1ccnc(Cl)c1)c1ccccc1.[Na+]. The Kier molecular flexibility index (Phi) is 36.3.